The summed E-state index contributed by atoms with van der Waals surface area (Å²) in [7, 11) is 1.52. The lowest BCUT2D eigenvalue weighted by Crippen LogP contribution is -2.25. The average molecular weight is 287 g/mol. The normalized spacial score (nSPS) is 13.6. The maximum absolute atomic E-state index is 12.4. The number of anilines is 1. The summed E-state index contributed by atoms with van der Waals surface area (Å²) < 4.78 is 5.16. The summed E-state index contributed by atoms with van der Waals surface area (Å²) in [4.78, 5) is 16.6. The molecule has 0 unspecified atom stereocenters. The summed E-state index contributed by atoms with van der Waals surface area (Å²) >= 11 is 0. The quantitative estimate of drug-likeness (QED) is 0.784. The molecule has 21 heavy (non-hydrogen) atoms. The van der Waals surface area contributed by atoms with E-state index in [9.17, 15) is 4.79 Å². The highest BCUT2D eigenvalue weighted by molar-refractivity contribution is 6.04. The van der Waals surface area contributed by atoms with Crippen LogP contribution in [-0.2, 0) is 13.0 Å². The van der Waals surface area contributed by atoms with E-state index in [1.165, 1.54) is 7.11 Å². The fourth-order valence-electron chi connectivity index (χ4n) is 2.40. The van der Waals surface area contributed by atoms with Crippen molar-refractivity contribution >= 4 is 11.6 Å². The number of fused-ring (bicyclic) bond motifs is 1. The van der Waals surface area contributed by atoms with E-state index in [-0.39, 0.29) is 5.91 Å². The molecule has 1 aliphatic heterocycles. The van der Waals surface area contributed by atoms with E-state index in [4.69, 9.17) is 4.74 Å². The van der Waals surface area contributed by atoms with Crippen molar-refractivity contribution in [3.05, 3.63) is 34.8 Å². The van der Waals surface area contributed by atoms with Crippen LogP contribution in [0.2, 0.25) is 0 Å². The predicted octanol–water partition coefficient (Wildman–Crippen LogP) is 1.02. The van der Waals surface area contributed by atoms with Gasteiger partial charge in [-0.25, -0.2) is 4.98 Å². The first-order valence-electron chi connectivity index (χ1n) is 6.78. The summed E-state index contributed by atoms with van der Waals surface area (Å²) in [5, 5.41) is 13.1. The third-order valence-corrected chi connectivity index (χ3v) is 3.45. The molecule has 7 nitrogen and oxygen atoms in total. The lowest BCUT2D eigenvalue weighted by atomic mass is 10.1. The van der Waals surface area contributed by atoms with E-state index in [1.54, 1.807) is 6.20 Å². The van der Waals surface area contributed by atoms with Crippen LogP contribution in [0.15, 0.2) is 12.3 Å². The number of aromatic nitrogens is 3. The first-order valence-corrected chi connectivity index (χ1v) is 6.78. The Labute approximate surface area is 122 Å². The molecule has 3 heterocycles. The number of aryl methyl sites for hydroxylation is 1. The fraction of sp³-hybridized carbons (Fsp3) is 0.357. The highest BCUT2D eigenvalue weighted by atomic mass is 16.5. The SMILES string of the molecule is COc1ncc(C)cc1NC(=O)c1n[nH]c2c1CNCC2. The van der Waals surface area contributed by atoms with E-state index in [1.807, 2.05) is 13.0 Å². The largest absolute Gasteiger partial charge is 0.480 e. The van der Waals surface area contributed by atoms with E-state index < -0.39 is 0 Å². The summed E-state index contributed by atoms with van der Waals surface area (Å²) in [5.74, 6) is 0.123. The topological polar surface area (TPSA) is 91.9 Å². The third-order valence-electron chi connectivity index (χ3n) is 3.45. The number of amides is 1. The average Bonchev–Trinajstić information content (AvgIpc) is 2.91. The molecule has 110 valence electrons. The minimum atomic E-state index is -0.262. The lowest BCUT2D eigenvalue weighted by molar-refractivity contribution is 0.102. The number of nitrogens with one attached hydrogen (secondary N) is 3. The summed E-state index contributed by atoms with van der Waals surface area (Å²) in [6, 6.07) is 1.82. The van der Waals surface area contributed by atoms with Crippen LogP contribution >= 0.6 is 0 Å². The number of pyridine rings is 1. The second-order valence-corrected chi connectivity index (χ2v) is 4.98. The standard InChI is InChI=1S/C14H17N5O2/c1-8-5-11(14(21-2)16-6-8)17-13(20)12-9-7-15-4-3-10(9)18-19-12/h5-6,15H,3-4,7H2,1-2H3,(H,17,20)(H,18,19). The van der Waals surface area contributed by atoms with Crippen LogP contribution in [0.4, 0.5) is 5.69 Å². The number of rotatable bonds is 3. The molecule has 1 amide bonds. The van der Waals surface area contributed by atoms with Gasteiger partial charge in [-0.15, -0.1) is 0 Å². The van der Waals surface area contributed by atoms with Gasteiger partial charge in [-0.05, 0) is 18.6 Å². The molecule has 0 atom stereocenters. The first-order chi connectivity index (χ1) is 10.2. The molecule has 0 bridgehead atoms. The molecule has 0 saturated heterocycles. The van der Waals surface area contributed by atoms with Gasteiger partial charge in [0.2, 0.25) is 5.88 Å². The van der Waals surface area contributed by atoms with Gasteiger partial charge in [-0.3, -0.25) is 9.89 Å². The number of H-pyrrole nitrogens is 1. The minimum Gasteiger partial charge on any atom is -0.480 e. The summed E-state index contributed by atoms with van der Waals surface area (Å²) in [6.45, 7) is 3.45. The van der Waals surface area contributed by atoms with Crippen LogP contribution in [0.1, 0.15) is 27.3 Å². The number of methoxy groups -OCH3 is 1. The van der Waals surface area contributed by atoms with E-state index in [0.29, 0.717) is 23.8 Å². The van der Waals surface area contributed by atoms with E-state index >= 15 is 0 Å². The first kappa shape index (κ1) is 13.6. The molecule has 3 rings (SSSR count). The molecular formula is C14H17N5O2. The van der Waals surface area contributed by atoms with Gasteiger partial charge in [-0.2, -0.15) is 5.10 Å². The van der Waals surface area contributed by atoms with Gasteiger partial charge in [0.1, 0.15) is 5.69 Å². The number of ether oxygens (including phenoxy) is 1. The lowest BCUT2D eigenvalue weighted by Gasteiger charge is -2.13. The Morgan fingerprint density at radius 3 is 3.14 bits per heavy atom. The van der Waals surface area contributed by atoms with Gasteiger partial charge in [0.25, 0.3) is 5.91 Å². The highest BCUT2D eigenvalue weighted by Crippen LogP contribution is 2.23. The Morgan fingerprint density at radius 1 is 1.48 bits per heavy atom. The summed E-state index contributed by atoms with van der Waals surface area (Å²) in [6.07, 6.45) is 2.54. The minimum absolute atomic E-state index is 0.262. The van der Waals surface area contributed by atoms with Crippen molar-refractivity contribution in [3.8, 4) is 5.88 Å². The Bertz CT molecular complexity index is 680. The van der Waals surface area contributed by atoms with Crippen LogP contribution in [0.25, 0.3) is 0 Å². The number of hydrogen-bond donors (Lipinski definition) is 3. The fourth-order valence-corrected chi connectivity index (χ4v) is 2.40. The molecule has 7 heteroatoms. The van der Waals surface area contributed by atoms with Crippen LogP contribution < -0.4 is 15.4 Å². The molecule has 0 spiro atoms. The zero-order chi connectivity index (χ0) is 14.8. The predicted molar refractivity (Wildman–Crippen MR) is 77.5 cm³/mol. The van der Waals surface area contributed by atoms with Gasteiger partial charge in [0.05, 0.1) is 7.11 Å². The number of carbonyl (C=O) groups is 1. The molecule has 0 fully saturated rings. The molecule has 2 aromatic rings. The van der Waals surface area contributed by atoms with Crippen LogP contribution in [0.5, 0.6) is 5.88 Å². The van der Waals surface area contributed by atoms with Crippen LogP contribution in [0, 0.1) is 6.92 Å². The van der Waals surface area contributed by atoms with Crippen molar-refractivity contribution in [2.75, 3.05) is 19.0 Å². The maximum atomic E-state index is 12.4. The zero-order valence-corrected chi connectivity index (χ0v) is 12.0. The van der Waals surface area contributed by atoms with Gasteiger partial charge in [-0.1, -0.05) is 0 Å². The Morgan fingerprint density at radius 2 is 2.33 bits per heavy atom. The number of hydrogen-bond acceptors (Lipinski definition) is 5. The van der Waals surface area contributed by atoms with Crippen molar-refractivity contribution in [2.45, 2.75) is 19.9 Å². The smallest absolute Gasteiger partial charge is 0.276 e. The third kappa shape index (κ3) is 2.59. The Hall–Kier alpha value is -2.41. The van der Waals surface area contributed by atoms with Crippen molar-refractivity contribution in [1.29, 1.82) is 0 Å². The second-order valence-electron chi connectivity index (χ2n) is 4.98. The van der Waals surface area contributed by atoms with Crippen molar-refractivity contribution in [2.24, 2.45) is 0 Å². The summed E-state index contributed by atoms with van der Waals surface area (Å²) in [5.41, 5.74) is 3.85. The zero-order valence-electron chi connectivity index (χ0n) is 12.0. The molecule has 1 aliphatic rings. The molecule has 2 aromatic heterocycles. The van der Waals surface area contributed by atoms with E-state index in [2.05, 4.69) is 25.8 Å². The van der Waals surface area contributed by atoms with Crippen LogP contribution in [0.3, 0.4) is 0 Å². The number of nitrogens with zero attached hydrogens (tertiary/aromatic N) is 2. The Kier molecular flexibility index (Phi) is 3.57. The Balaban J connectivity index is 1.87. The van der Waals surface area contributed by atoms with Crippen molar-refractivity contribution in [3.63, 3.8) is 0 Å². The van der Waals surface area contributed by atoms with Gasteiger partial charge in [0, 0.05) is 37.0 Å². The second kappa shape index (κ2) is 5.53. The molecule has 0 saturated carbocycles. The number of carbonyl (C=O) groups excluding carboxylic acids is 1. The van der Waals surface area contributed by atoms with E-state index in [0.717, 1.165) is 29.8 Å². The van der Waals surface area contributed by atoms with Crippen LogP contribution in [-0.4, -0.2) is 34.7 Å². The molecule has 0 radical (unpaired) electrons. The highest BCUT2D eigenvalue weighted by Gasteiger charge is 2.22. The van der Waals surface area contributed by atoms with Crippen molar-refractivity contribution < 1.29 is 9.53 Å². The molecular weight excluding hydrogens is 270 g/mol. The monoisotopic (exact) mass is 287 g/mol. The van der Waals surface area contributed by atoms with Crippen molar-refractivity contribution in [1.82, 2.24) is 20.5 Å². The number of aromatic amines is 1. The maximum Gasteiger partial charge on any atom is 0.276 e. The molecule has 3 N–H and O–H groups in total. The van der Waals surface area contributed by atoms with Gasteiger partial charge < -0.3 is 15.4 Å². The molecule has 0 aromatic carbocycles. The molecule has 0 aliphatic carbocycles. The van der Waals surface area contributed by atoms with Gasteiger partial charge in [0.15, 0.2) is 5.69 Å². The van der Waals surface area contributed by atoms with Gasteiger partial charge >= 0.3 is 0 Å².